The summed E-state index contributed by atoms with van der Waals surface area (Å²) in [5.41, 5.74) is 6.77. The highest BCUT2D eigenvalue weighted by atomic mass is 79.9. The molecule has 5 heteroatoms. The van der Waals surface area contributed by atoms with Crippen LogP contribution in [0.25, 0.3) is 0 Å². The van der Waals surface area contributed by atoms with Crippen molar-refractivity contribution in [3.63, 3.8) is 0 Å². The Kier molecular flexibility index (Phi) is 4.80. The summed E-state index contributed by atoms with van der Waals surface area (Å²) in [6.07, 6.45) is 1.39. The van der Waals surface area contributed by atoms with Gasteiger partial charge in [-0.1, -0.05) is 33.6 Å². The van der Waals surface area contributed by atoms with E-state index in [1.807, 2.05) is 37.3 Å². The highest BCUT2D eigenvalue weighted by Crippen LogP contribution is 2.31. The van der Waals surface area contributed by atoms with Gasteiger partial charge < -0.3 is 10.5 Å². The number of hydrogen-bond acceptors (Lipinski definition) is 3. The van der Waals surface area contributed by atoms with E-state index < -0.39 is 0 Å². The zero-order valence-electron chi connectivity index (χ0n) is 10.4. The predicted octanol–water partition coefficient (Wildman–Crippen LogP) is 3.96. The van der Waals surface area contributed by atoms with E-state index in [1.165, 1.54) is 0 Å². The first-order valence-corrected chi connectivity index (χ1v) is 7.03. The molecule has 0 spiro atoms. The number of hydrogen-bond donors (Lipinski definition) is 1. The lowest BCUT2D eigenvalue weighted by atomic mass is 10.1. The summed E-state index contributed by atoms with van der Waals surface area (Å²) in [5, 5.41) is 0.538. The van der Waals surface area contributed by atoms with Crippen LogP contribution in [0.4, 0.5) is 0 Å². The number of benzene rings is 1. The largest absolute Gasteiger partial charge is 0.481 e. The summed E-state index contributed by atoms with van der Waals surface area (Å²) in [5.74, 6) is 0.595. The maximum absolute atomic E-state index is 6.15. The Morgan fingerprint density at radius 1 is 1.32 bits per heavy atom. The van der Waals surface area contributed by atoms with Gasteiger partial charge >= 0.3 is 0 Å². The number of rotatable bonds is 4. The molecule has 0 aliphatic heterocycles. The normalized spacial score (nSPS) is 13.9. The Hall–Kier alpha value is -1.10. The quantitative estimate of drug-likeness (QED) is 0.915. The van der Waals surface area contributed by atoms with Crippen molar-refractivity contribution in [1.29, 1.82) is 0 Å². The molecule has 100 valence electrons. The Morgan fingerprint density at radius 2 is 2.11 bits per heavy atom. The molecular weight excluding hydrogens is 328 g/mol. The minimum absolute atomic E-state index is 0.199. The van der Waals surface area contributed by atoms with Crippen LogP contribution >= 0.6 is 27.5 Å². The highest BCUT2D eigenvalue weighted by Gasteiger charge is 2.20. The van der Waals surface area contributed by atoms with Crippen LogP contribution in [-0.4, -0.2) is 11.0 Å². The first kappa shape index (κ1) is 14.3. The smallest absolute Gasteiger partial charge is 0.155 e. The SMILES string of the molecule is CC(N)C(Oc1ccc(Br)cc1Cl)c1ccccn1. The fourth-order valence-electron chi connectivity index (χ4n) is 1.69. The molecule has 0 bridgehead atoms. The maximum Gasteiger partial charge on any atom is 0.155 e. The lowest BCUT2D eigenvalue weighted by Gasteiger charge is -2.22. The zero-order valence-corrected chi connectivity index (χ0v) is 12.7. The van der Waals surface area contributed by atoms with E-state index in [0.29, 0.717) is 10.8 Å². The fourth-order valence-corrected chi connectivity index (χ4v) is 2.41. The average Bonchev–Trinajstić information content (AvgIpc) is 2.38. The van der Waals surface area contributed by atoms with E-state index in [1.54, 1.807) is 12.3 Å². The molecule has 0 saturated heterocycles. The van der Waals surface area contributed by atoms with Crippen LogP contribution in [-0.2, 0) is 0 Å². The molecule has 2 aromatic rings. The van der Waals surface area contributed by atoms with Crippen LogP contribution in [0.1, 0.15) is 18.7 Å². The summed E-state index contributed by atoms with van der Waals surface area (Å²) >= 11 is 9.51. The first-order chi connectivity index (χ1) is 9.08. The van der Waals surface area contributed by atoms with Crippen molar-refractivity contribution in [2.45, 2.75) is 19.1 Å². The van der Waals surface area contributed by atoms with Crippen molar-refractivity contribution in [3.05, 3.63) is 57.8 Å². The zero-order chi connectivity index (χ0) is 13.8. The summed E-state index contributed by atoms with van der Waals surface area (Å²) in [4.78, 5) is 4.29. The van der Waals surface area contributed by atoms with Gasteiger partial charge in [-0.05, 0) is 37.3 Å². The lowest BCUT2D eigenvalue weighted by Crippen LogP contribution is -2.29. The maximum atomic E-state index is 6.15. The number of nitrogens with two attached hydrogens (primary N) is 1. The van der Waals surface area contributed by atoms with Gasteiger partial charge in [0.1, 0.15) is 5.75 Å². The van der Waals surface area contributed by atoms with Crippen molar-refractivity contribution in [2.24, 2.45) is 5.73 Å². The number of halogens is 2. The number of nitrogens with zero attached hydrogens (tertiary/aromatic N) is 1. The molecule has 1 heterocycles. The van der Waals surface area contributed by atoms with Crippen LogP contribution in [0, 0.1) is 0 Å². The van der Waals surface area contributed by atoms with Gasteiger partial charge in [0.2, 0.25) is 0 Å². The topological polar surface area (TPSA) is 48.1 Å². The minimum atomic E-state index is -0.333. The Morgan fingerprint density at radius 3 is 2.68 bits per heavy atom. The molecule has 2 unspecified atom stereocenters. The number of ether oxygens (including phenoxy) is 1. The minimum Gasteiger partial charge on any atom is -0.481 e. The van der Waals surface area contributed by atoms with Crippen molar-refractivity contribution < 1.29 is 4.74 Å². The standard InChI is InChI=1S/C14H14BrClN2O/c1-9(17)14(12-4-2-3-7-18-12)19-13-6-5-10(15)8-11(13)16/h2-9,14H,17H2,1H3. The first-order valence-electron chi connectivity index (χ1n) is 5.86. The molecule has 0 aliphatic rings. The molecule has 1 aromatic heterocycles. The molecule has 0 aliphatic carbocycles. The van der Waals surface area contributed by atoms with Crippen LogP contribution < -0.4 is 10.5 Å². The summed E-state index contributed by atoms with van der Waals surface area (Å²) < 4.78 is 6.81. The van der Waals surface area contributed by atoms with Crippen molar-refractivity contribution in [1.82, 2.24) is 4.98 Å². The Bertz CT molecular complexity index is 548. The van der Waals surface area contributed by atoms with Crippen molar-refractivity contribution in [3.8, 4) is 5.75 Å². The number of pyridine rings is 1. The van der Waals surface area contributed by atoms with Crippen molar-refractivity contribution in [2.75, 3.05) is 0 Å². The molecule has 1 aromatic carbocycles. The molecule has 0 amide bonds. The third-order valence-corrected chi connectivity index (χ3v) is 3.39. The molecule has 0 fully saturated rings. The van der Waals surface area contributed by atoms with Gasteiger partial charge in [0.05, 0.1) is 10.7 Å². The van der Waals surface area contributed by atoms with Gasteiger partial charge in [0.15, 0.2) is 6.10 Å². The number of aromatic nitrogens is 1. The van der Waals surface area contributed by atoms with Crippen molar-refractivity contribution >= 4 is 27.5 Å². The molecule has 2 N–H and O–H groups in total. The third-order valence-electron chi connectivity index (χ3n) is 2.60. The summed E-state index contributed by atoms with van der Waals surface area (Å²) in [7, 11) is 0. The predicted molar refractivity (Wildman–Crippen MR) is 80.4 cm³/mol. The van der Waals surface area contributed by atoms with E-state index in [2.05, 4.69) is 20.9 Å². The molecule has 2 atom stereocenters. The van der Waals surface area contributed by atoms with Gasteiger partial charge in [-0.2, -0.15) is 0 Å². The third kappa shape index (κ3) is 3.69. The summed E-state index contributed by atoms with van der Waals surface area (Å²) in [6.45, 7) is 1.88. The van der Waals surface area contributed by atoms with Gasteiger partial charge in [-0.15, -0.1) is 0 Å². The summed E-state index contributed by atoms with van der Waals surface area (Å²) in [6, 6.07) is 10.9. The van der Waals surface area contributed by atoms with Crippen LogP contribution in [0.5, 0.6) is 5.75 Å². The molecule has 2 rings (SSSR count). The van der Waals surface area contributed by atoms with Crippen LogP contribution in [0.2, 0.25) is 5.02 Å². The Labute approximate surface area is 125 Å². The van der Waals surface area contributed by atoms with E-state index in [-0.39, 0.29) is 12.1 Å². The molecule has 0 saturated carbocycles. The van der Waals surface area contributed by atoms with E-state index in [0.717, 1.165) is 10.2 Å². The molecular formula is C14H14BrClN2O. The fraction of sp³-hybridized carbons (Fsp3) is 0.214. The molecule has 0 radical (unpaired) electrons. The van der Waals surface area contributed by atoms with Crippen LogP contribution in [0.15, 0.2) is 47.1 Å². The lowest BCUT2D eigenvalue weighted by molar-refractivity contribution is 0.176. The Balaban J connectivity index is 2.27. The molecule has 3 nitrogen and oxygen atoms in total. The average molecular weight is 342 g/mol. The van der Waals surface area contributed by atoms with E-state index >= 15 is 0 Å². The van der Waals surface area contributed by atoms with E-state index in [4.69, 9.17) is 22.1 Å². The second-order valence-corrected chi connectivity index (χ2v) is 5.55. The van der Waals surface area contributed by atoms with Gasteiger partial charge in [-0.25, -0.2) is 0 Å². The highest BCUT2D eigenvalue weighted by molar-refractivity contribution is 9.10. The monoisotopic (exact) mass is 340 g/mol. The second-order valence-electron chi connectivity index (χ2n) is 4.23. The second kappa shape index (κ2) is 6.37. The van der Waals surface area contributed by atoms with Gasteiger partial charge in [-0.3, -0.25) is 4.98 Å². The van der Waals surface area contributed by atoms with E-state index in [9.17, 15) is 0 Å². The van der Waals surface area contributed by atoms with Gasteiger partial charge in [0.25, 0.3) is 0 Å². The molecule has 19 heavy (non-hydrogen) atoms. The van der Waals surface area contributed by atoms with Crippen LogP contribution in [0.3, 0.4) is 0 Å². The van der Waals surface area contributed by atoms with Gasteiger partial charge in [0, 0.05) is 16.7 Å².